The van der Waals surface area contributed by atoms with Crippen molar-refractivity contribution in [3.8, 4) is 0 Å². The zero-order chi connectivity index (χ0) is 10.8. The first-order valence-corrected chi connectivity index (χ1v) is 5.28. The second-order valence-electron chi connectivity index (χ2n) is 4.14. The number of carbonyl (C=O) groups is 1. The molecule has 2 N–H and O–H groups in total. The molecule has 0 spiro atoms. The monoisotopic (exact) mass is 204 g/mol. The molecule has 0 bridgehead atoms. The molecule has 1 amide bonds. The number of hydrogen-bond acceptors (Lipinski definition) is 2. The Bertz CT molecular complexity index is 350. The lowest BCUT2D eigenvalue weighted by atomic mass is 10.0. The van der Waals surface area contributed by atoms with Gasteiger partial charge in [-0.1, -0.05) is 30.3 Å². The summed E-state index contributed by atoms with van der Waals surface area (Å²) in [6.45, 7) is 2.77. The minimum Gasteiger partial charge on any atom is -0.336 e. The van der Waals surface area contributed by atoms with Crippen molar-refractivity contribution in [3.05, 3.63) is 35.9 Å². The number of nitrogens with two attached hydrogens (primary N) is 1. The number of likely N-dealkylation sites (tertiary alicyclic amines) is 1. The lowest BCUT2D eigenvalue weighted by Crippen LogP contribution is -2.63. The molecule has 15 heavy (non-hydrogen) atoms. The zero-order valence-corrected chi connectivity index (χ0v) is 8.89. The fourth-order valence-electron chi connectivity index (χ4n) is 1.94. The molecule has 1 saturated heterocycles. The summed E-state index contributed by atoms with van der Waals surface area (Å²) in [4.78, 5) is 13.2. The third-order valence-corrected chi connectivity index (χ3v) is 2.90. The molecule has 1 aliphatic heterocycles. The van der Waals surface area contributed by atoms with Crippen LogP contribution in [-0.2, 0) is 11.2 Å². The van der Waals surface area contributed by atoms with Gasteiger partial charge in [0.15, 0.2) is 0 Å². The van der Waals surface area contributed by atoms with Gasteiger partial charge in [0.1, 0.15) is 6.04 Å². The number of nitrogens with zero attached hydrogens (tertiary/aromatic N) is 1. The van der Waals surface area contributed by atoms with E-state index in [-0.39, 0.29) is 18.0 Å². The maximum atomic E-state index is 11.4. The Morgan fingerprint density at radius 1 is 1.47 bits per heavy atom. The van der Waals surface area contributed by atoms with E-state index in [1.54, 1.807) is 0 Å². The molecule has 1 aromatic rings. The van der Waals surface area contributed by atoms with Gasteiger partial charge in [0.05, 0.1) is 0 Å². The van der Waals surface area contributed by atoms with Gasteiger partial charge in [0.25, 0.3) is 0 Å². The van der Waals surface area contributed by atoms with Crippen molar-refractivity contribution in [3.63, 3.8) is 0 Å². The van der Waals surface area contributed by atoms with Gasteiger partial charge in [0.2, 0.25) is 5.91 Å². The lowest BCUT2D eigenvalue weighted by Gasteiger charge is -2.40. The van der Waals surface area contributed by atoms with E-state index < -0.39 is 0 Å². The molecule has 3 nitrogen and oxygen atoms in total. The molecule has 1 heterocycles. The molecule has 0 radical (unpaired) electrons. The molecule has 1 fully saturated rings. The van der Waals surface area contributed by atoms with Crippen LogP contribution < -0.4 is 5.73 Å². The highest BCUT2D eigenvalue weighted by atomic mass is 16.2. The molecule has 0 aliphatic carbocycles. The van der Waals surface area contributed by atoms with Crippen LogP contribution >= 0.6 is 0 Å². The Balaban J connectivity index is 1.93. The average molecular weight is 204 g/mol. The van der Waals surface area contributed by atoms with Crippen molar-refractivity contribution in [2.75, 3.05) is 6.54 Å². The predicted molar refractivity (Wildman–Crippen MR) is 59.3 cm³/mol. The maximum absolute atomic E-state index is 11.4. The first kappa shape index (κ1) is 10.2. The zero-order valence-electron chi connectivity index (χ0n) is 8.89. The summed E-state index contributed by atoms with van der Waals surface area (Å²) >= 11 is 0. The molecule has 2 atom stereocenters. The van der Waals surface area contributed by atoms with Gasteiger partial charge in [-0.25, -0.2) is 0 Å². The fraction of sp³-hybridized carbons (Fsp3) is 0.417. The van der Waals surface area contributed by atoms with E-state index in [2.05, 4.69) is 19.1 Å². The van der Waals surface area contributed by atoms with Gasteiger partial charge in [-0.05, 0) is 18.9 Å². The SMILES string of the molecule is CC(Cc1ccccc1)N1CC(N)C1=O. The number of carbonyl (C=O) groups excluding carboxylic acids is 1. The van der Waals surface area contributed by atoms with Crippen LogP contribution in [0, 0.1) is 0 Å². The molecule has 1 aromatic carbocycles. The summed E-state index contributed by atoms with van der Waals surface area (Å²) < 4.78 is 0. The van der Waals surface area contributed by atoms with E-state index in [1.807, 2.05) is 23.1 Å². The second kappa shape index (κ2) is 4.03. The van der Waals surface area contributed by atoms with Crippen LogP contribution in [0.2, 0.25) is 0 Å². The Morgan fingerprint density at radius 2 is 2.13 bits per heavy atom. The second-order valence-corrected chi connectivity index (χ2v) is 4.14. The summed E-state index contributed by atoms with van der Waals surface area (Å²) in [7, 11) is 0. The van der Waals surface area contributed by atoms with Gasteiger partial charge < -0.3 is 10.6 Å². The fourth-order valence-corrected chi connectivity index (χ4v) is 1.94. The molecule has 0 aromatic heterocycles. The summed E-state index contributed by atoms with van der Waals surface area (Å²) in [6, 6.07) is 10.2. The summed E-state index contributed by atoms with van der Waals surface area (Å²) in [5, 5.41) is 0. The lowest BCUT2D eigenvalue weighted by molar-refractivity contribution is -0.145. The first-order valence-electron chi connectivity index (χ1n) is 5.28. The van der Waals surface area contributed by atoms with Crippen LogP contribution in [0.5, 0.6) is 0 Å². The third-order valence-electron chi connectivity index (χ3n) is 2.90. The summed E-state index contributed by atoms with van der Waals surface area (Å²) in [5.74, 6) is 0.0819. The highest BCUT2D eigenvalue weighted by Crippen LogP contribution is 2.16. The molecule has 2 rings (SSSR count). The Kier molecular flexibility index (Phi) is 2.73. The van der Waals surface area contributed by atoms with E-state index >= 15 is 0 Å². The molecule has 80 valence electrons. The van der Waals surface area contributed by atoms with Crippen LogP contribution in [0.4, 0.5) is 0 Å². The summed E-state index contributed by atoms with van der Waals surface area (Å²) in [6.07, 6.45) is 0.902. The summed E-state index contributed by atoms with van der Waals surface area (Å²) in [5.41, 5.74) is 6.81. The smallest absolute Gasteiger partial charge is 0.241 e. The van der Waals surface area contributed by atoms with Crippen LogP contribution in [0.25, 0.3) is 0 Å². The Morgan fingerprint density at radius 3 is 2.67 bits per heavy atom. The minimum absolute atomic E-state index is 0.0819. The predicted octanol–water partition coefficient (Wildman–Crippen LogP) is 0.787. The number of β-lactam (4-membered cyclic amide) rings is 1. The van der Waals surface area contributed by atoms with E-state index in [0.717, 1.165) is 6.42 Å². The maximum Gasteiger partial charge on any atom is 0.241 e. The van der Waals surface area contributed by atoms with Gasteiger partial charge in [-0.3, -0.25) is 4.79 Å². The quantitative estimate of drug-likeness (QED) is 0.740. The van der Waals surface area contributed by atoms with Gasteiger partial charge in [-0.2, -0.15) is 0 Å². The minimum atomic E-state index is -0.261. The first-order chi connectivity index (χ1) is 7.18. The van der Waals surface area contributed by atoms with Crippen molar-refractivity contribution < 1.29 is 4.79 Å². The van der Waals surface area contributed by atoms with Crippen molar-refractivity contribution in [2.45, 2.75) is 25.4 Å². The number of benzene rings is 1. The molecule has 0 saturated carbocycles. The van der Waals surface area contributed by atoms with Crippen molar-refractivity contribution in [1.82, 2.24) is 4.90 Å². The Labute approximate surface area is 89.9 Å². The van der Waals surface area contributed by atoms with Gasteiger partial charge >= 0.3 is 0 Å². The average Bonchev–Trinajstić information content (AvgIpc) is 2.26. The number of rotatable bonds is 3. The van der Waals surface area contributed by atoms with Crippen LogP contribution in [-0.4, -0.2) is 29.4 Å². The molecule has 2 unspecified atom stereocenters. The number of hydrogen-bond donors (Lipinski definition) is 1. The standard InChI is InChI=1S/C12H16N2O/c1-9(14-8-11(13)12(14)15)7-10-5-3-2-4-6-10/h2-6,9,11H,7-8,13H2,1H3. The highest BCUT2D eigenvalue weighted by molar-refractivity contribution is 5.87. The topological polar surface area (TPSA) is 46.3 Å². The van der Waals surface area contributed by atoms with Gasteiger partial charge in [-0.15, -0.1) is 0 Å². The Hall–Kier alpha value is -1.35. The number of amides is 1. The van der Waals surface area contributed by atoms with Crippen molar-refractivity contribution >= 4 is 5.91 Å². The van der Waals surface area contributed by atoms with E-state index in [0.29, 0.717) is 6.54 Å². The third kappa shape index (κ3) is 2.02. The van der Waals surface area contributed by atoms with Crippen molar-refractivity contribution in [2.24, 2.45) is 5.73 Å². The molecular formula is C12H16N2O. The normalized spacial score (nSPS) is 22.4. The van der Waals surface area contributed by atoms with E-state index in [1.165, 1.54) is 5.56 Å². The van der Waals surface area contributed by atoms with Crippen LogP contribution in [0.3, 0.4) is 0 Å². The van der Waals surface area contributed by atoms with Crippen molar-refractivity contribution in [1.29, 1.82) is 0 Å². The molecule has 1 aliphatic rings. The van der Waals surface area contributed by atoms with Crippen LogP contribution in [0.1, 0.15) is 12.5 Å². The molecule has 3 heteroatoms. The van der Waals surface area contributed by atoms with E-state index in [4.69, 9.17) is 5.73 Å². The van der Waals surface area contributed by atoms with Crippen LogP contribution in [0.15, 0.2) is 30.3 Å². The molecular weight excluding hydrogens is 188 g/mol. The highest BCUT2D eigenvalue weighted by Gasteiger charge is 2.36. The van der Waals surface area contributed by atoms with Gasteiger partial charge in [0, 0.05) is 12.6 Å². The van der Waals surface area contributed by atoms with E-state index in [9.17, 15) is 4.79 Å². The largest absolute Gasteiger partial charge is 0.336 e.